The molecule has 0 amide bonds. The van der Waals surface area contributed by atoms with Gasteiger partial charge in [-0.15, -0.1) is 5.10 Å². The predicted molar refractivity (Wildman–Crippen MR) is 71.2 cm³/mol. The summed E-state index contributed by atoms with van der Waals surface area (Å²) >= 11 is 0. The maximum atomic E-state index is 11.9. The van der Waals surface area contributed by atoms with Crippen molar-refractivity contribution in [3.63, 3.8) is 0 Å². The van der Waals surface area contributed by atoms with Gasteiger partial charge in [0.1, 0.15) is 0 Å². The summed E-state index contributed by atoms with van der Waals surface area (Å²) in [5.41, 5.74) is 0.442. The topological polar surface area (TPSA) is 73.4 Å². The highest BCUT2D eigenvalue weighted by atomic mass is 16.5. The summed E-state index contributed by atoms with van der Waals surface area (Å²) in [7, 11) is 0. The summed E-state index contributed by atoms with van der Waals surface area (Å²) in [5, 5.41) is 7.46. The highest BCUT2D eigenvalue weighted by molar-refractivity contribution is 5.31. The van der Waals surface area contributed by atoms with Gasteiger partial charge in [0.25, 0.3) is 0 Å². The fourth-order valence-corrected chi connectivity index (χ4v) is 1.78. The SMILES string of the molecule is CCOCCCNCCn1nc2cnccn2c1=O. The number of fused-ring (bicyclic) bond motifs is 1. The van der Waals surface area contributed by atoms with E-state index in [1.807, 2.05) is 6.92 Å². The van der Waals surface area contributed by atoms with E-state index < -0.39 is 0 Å². The van der Waals surface area contributed by atoms with E-state index in [2.05, 4.69) is 15.4 Å². The minimum Gasteiger partial charge on any atom is -0.382 e. The number of nitrogens with zero attached hydrogens (tertiary/aromatic N) is 4. The van der Waals surface area contributed by atoms with Crippen molar-refractivity contribution < 1.29 is 4.74 Å². The Balaban J connectivity index is 1.79. The summed E-state index contributed by atoms with van der Waals surface area (Å²) in [4.78, 5) is 15.9. The van der Waals surface area contributed by atoms with Crippen LogP contribution < -0.4 is 11.0 Å². The second kappa shape index (κ2) is 7.01. The molecule has 2 heterocycles. The number of ether oxygens (including phenoxy) is 1. The lowest BCUT2D eigenvalue weighted by Crippen LogP contribution is -2.28. The quantitative estimate of drug-likeness (QED) is 0.675. The molecule has 1 N–H and O–H groups in total. The molecule has 7 nitrogen and oxygen atoms in total. The van der Waals surface area contributed by atoms with Crippen LogP contribution in [-0.2, 0) is 11.3 Å². The Hall–Kier alpha value is -1.73. The molecule has 104 valence electrons. The molecule has 19 heavy (non-hydrogen) atoms. The zero-order chi connectivity index (χ0) is 13.5. The summed E-state index contributed by atoms with van der Waals surface area (Å²) in [6.45, 7) is 5.65. The number of hydrogen-bond donors (Lipinski definition) is 1. The normalized spacial score (nSPS) is 11.2. The molecular formula is C12H19N5O2. The summed E-state index contributed by atoms with van der Waals surface area (Å²) < 4.78 is 8.18. The highest BCUT2D eigenvalue weighted by Crippen LogP contribution is 1.91. The molecule has 2 aromatic heterocycles. The third-order valence-electron chi connectivity index (χ3n) is 2.74. The van der Waals surface area contributed by atoms with Crippen LogP contribution in [0.2, 0.25) is 0 Å². The van der Waals surface area contributed by atoms with Gasteiger partial charge in [0, 0.05) is 32.2 Å². The van der Waals surface area contributed by atoms with Gasteiger partial charge < -0.3 is 10.1 Å². The maximum Gasteiger partial charge on any atom is 0.350 e. The zero-order valence-electron chi connectivity index (χ0n) is 11.1. The van der Waals surface area contributed by atoms with E-state index in [0.717, 1.165) is 26.2 Å². The third-order valence-corrected chi connectivity index (χ3v) is 2.74. The first kappa shape index (κ1) is 13.7. The van der Waals surface area contributed by atoms with E-state index in [4.69, 9.17) is 4.74 Å². The molecule has 0 bridgehead atoms. The van der Waals surface area contributed by atoms with Crippen LogP contribution in [0, 0.1) is 0 Å². The van der Waals surface area contributed by atoms with E-state index in [9.17, 15) is 4.79 Å². The van der Waals surface area contributed by atoms with Crippen molar-refractivity contribution in [1.82, 2.24) is 24.5 Å². The van der Waals surface area contributed by atoms with Crippen LogP contribution in [-0.4, -0.2) is 45.5 Å². The standard InChI is InChI=1S/C12H19N5O2/c1-2-19-9-3-4-13-6-8-17-12(18)16-7-5-14-10-11(16)15-17/h5,7,10,13H,2-4,6,8-9H2,1H3. The number of hydrogen-bond acceptors (Lipinski definition) is 5. The molecule has 0 aliphatic heterocycles. The van der Waals surface area contributed by atoms with E-state index >= 15 is 0 Å². The highest BCUT2D eigenvalue weighted by Gasteiger charge is 2.04. The van der Waals surface area contributed by atoms with Gasteiger partial charge >= 0.3 is 5.69 Å². The van der Waals surface area contributed by atoms with Crippen molar-refractivity contribution in [2.75, 3.05) is 26.3 Å². The van der Waals surface area contributed by atoms with Crippen LogP contribution in [0.3, 0.4) is 0 Å². The fraction of sp³-hybridized carbons (Fsp3) is 0.583. The molecule has 0 aliphatic rings. The Morgan fingerprint density at radius 3 is 3.11 bits per heavy atom. The Labute approximate surface area is 111 Å². The summed E-state index contributed by atoms with van der Waals surface area (Å²) in [5.74, 6) is 0. The van der Waals surface area contributed by atoms with Crippen molar-refractivity contribution in [1.29, 1.82) is 0 Å². The molecule has 0 aliphatic carbocycles. The smallest absolute Gasteiger partial charge is 0.350 e. The molecule has 7 heteroatoms. The van der Waals surface area contributed by atoms with Gasteiger partial charge in [-0.05, 0) is 19.9 Å². The first-order valence-corrected chi connectivity index (χ1v) is 6.50. The first-order chi connectivity index (χ1) is 9.33. The fourth-order valence-electron chi connectivity index (χ4n) is 1.78. The number of nitrogens with one attached hydrogen (secondary N) is 1. The Bertz CT molecular complexity index is 562. The second-order valence-electron chi connectivity index (χ2n) is 4.11. The average Bonchev–Trinajstić information content (AvgIpc) is 2.75. The van der Waals surface area contributed by atoms with Crippen LogP contribution >= 0.6 is 0 Å². The van der Waals surface area contributed by atoms with Crippen molar-refractivity contribution in [3.05, 3.63) is 29.1 Å². The lowest BCUT2D eigenvalue weighted by atomic mass is 10.4. The summed E-state index contributed by atoms with van der Waals surface area (Å²) in [6.07, 6.45) is 5.74. The van der Waals surface area contributed by atoms with Gasteiger partial charge in [-0.3, -0.25) is 4.98 Å². The Morgan fingerprint density at radius 2 is 2.32 bits per heavy atom. The minimum atomic E-state index is -0.131. The van der Waals surface area contributed by atoms with Crippen LogP contribution in [0.1, 0.15) is 13.3 Å². The molecule has 0 spiro atoms. The maximum absolute atomic E-state index is 11.9. The van der Waals surface area contributed by atoms with E-state index in [0.29, 0.717) is 18.7 Å². The van der Waals surface area contributed by atoms with Gasteiger partial charge in [0.2, 0.25) is 0 Å². The molecule has 0 atom stereocenters. The molecule has 0 fully saturated rings. The van der Waals surface area contributed by atoms with Crippen molar-refractivity contribution in [2.45, 2.75) is 19.9 Å². The van der Waals surface area contributed by atoms with Crippen LogP contribution in [0.25, 0.3) is 5.65 Å². The van der Waals surface area contributed by atoms with Gasteiger partial charge in [0.05, 0.1) is 12.7 Å². The van der Waals surface area contributed by atoms with Crippen LogP contribution in [0.5, 0.6) is 0 Å². The van der Waals surface area contributed by atoms with Crippen LogP contribution in [0.15, 0.2) is 23.4 Å². The Kier molecular flexibility index (Phi) is 5.05. The molecule has 0 saturated heterocycles. The van der Waals surface area contributed by atoms with E-state index in [1.165, 1.54) is 9.08 Å². The monoisotopic (exact) mass is 265 g/mol. The van der Waals surface area contributed by atoms with E-state index in [-0.39, 0.29) is 5.69 Å². The number of rotatable bonds is 8. The lowest BCUT2D eigenvalue weighted by molar-refractivity contribution is 0.144. The first-order valence-electron chi connectivity index (χ1n) is 6.50. The molecule has 2 aromatic rings. The zero-order valence-corrected chi connectivity index (χ0v) is 11.1. The predicted octanol–water partition coefficient (Wildman–Crippen LogP) is -0.0928. The molecule has 0 radical (unpaired) electrons. The Morgan fingerprint density at radius 1 is 1.42 bits per heavy atom. The minimum absolute atomic E-state index is 0.131. The molecule has 2 rings (SSSR count). The van der Waals surface area contributed by atoms with Crippen molar-refractivity contribution in [3.8, 4) is 0 Å². The van der Waals surface area contributed by atoms with Crippen LogP contribution in [0.4, 0.5) is 0 Å². The summed E-state index contributed by atoms with van der Waals surface area (Å²) in [6, 6.07) is 0. The molecule has 0 saturated carbocycles. The molecule has 0 unspecified atom stereocenters. The average molecular weight is 265 g/mol. The van der Waals surface area contributed by atoms with Gasteiger partial charge in [-0.2, -0.15) is 0 Å². The number of aromatic nitrogens is 4. The van der Waals surface area contributed by atoms with Crippen molar-refractivity contribution >= 4 is 5.65 Å². The van der Waals surface area contributed by atoms with Gasteiger partial charge in [0.15, 0.2) is 5.65 Å². The third kappa shape index (κ3) is 3.62. The van der Waals surface area contributed by atoms with E-state index in [1.54, 1.807) is 18.6 Å². The van der Waals surface area contributed by atoms with Crippen molar-refractivity contribution in [2.24, 2.45) is 0 Å². The largest absolute Gasteiger partial charge is 0.382 e. The van der Waals surface area contributed by atoms with Gasteiger partial charge in [-0.1, -0.05) is 0 Å². The van der Waals surface area contributed by atoms with Gasteiger partial charge in [-0.25, -0.2) is 13.9 Å². The molecular weight excluding hydrogens is 246 g/mol. The lowest BCUT2D eigenvalue weighted by Gasteiger charge is -2.04. The second-order valence-corrected chi connectivity index (χ2v) is 4.11. The molecule has 0 aromatic carbocycles.